The van der Waals surface area contributed by atoms with Crippen molar-refractivity contribution >= 4 is 29.7 Å². The van der Waals surface area contributed by atoms with Gasteiger partial charge in [0.05, 0.1) is 19.1 Å². The molecule has 0 bridgehead atoms. The Kier molecular flexibility index (Phi) is 11.5. The SMILES string of the molecule is CC(C)CC(NC(=O)C(NC(=O)C(CC(=O)O)NC(=O)C(N)CO)C(C)O)C(=O)O. The van der Waals surface area contributed by atoms with E-state index in [4.69, 9.17) is 15.9 Å². The van der Waals surface area contributed by atoms with E-state index in [-0.39, 0.29) is 12.3 Å². The second kappa shape index (κ2) is 12.7. The van der Waals surface area contributed by atoms with Crippen LogP contribution in [-0.2, 0) is 24.0 Å². The number of rotatable bonds is 13. The van der Waals surface area contributed by atoms with Gasteiger partial charge in [-0.25, -0.2) is 4.79 Å². The molecule has 172 valence electrons. The first-order valence-electron chi connectivity index (χ1n) is 9.20. The van der Waals surface area contributed by atoms with E-state index in [1.807, 2.05) is 5.32 Å². The summed E-state index contributed by atoms with van der Waals surface area (Å²) in [5.41, 5.74) is 5.32. The Morgan fingerprint density at radius 2 is 1.40 bits per heavy atom. The molecule has 0 aromatic carbocycles. The summed E-state index contributed by atoms with van der Waals surface area (Å²) in [6.07, 6.45) is -2.24. The van der Waals surface area contributed by atoms with Gasteiger partial charge < -0.3 is 42.1 Å². The van der Waals surface area contributed by atoms with Crippen LogP contribution in [0.15, 0.2) is 0 Å². The van der Waals surface area contributed by atoms with Gasteiger partial charge in [-0.05, 0) is 19.3 Å². The Labute approximate surface area is 173 Å². The van der Waals surface area contributed by atoms with Crippen LogP contribution in [0.3, 0.4) is 0 Å². The summed E-state index contributed by atoms with van der Waals surface area (Å²) in [5.74, 6) is -5.95. The molecule has 0 aromatic heterocycles. The largest absolute Gasteiger partial charge is 0.481 e. The van der Waals surface area contributed by atoms with E-state index < -0.39 is 73.0 Å². The van der Waals surface area contributed by atoms with Crippen LogP contribution < -0.4 is 21.7 Å². The molecule has 0 saturated heterocycles. The fourth-order valence-corrected chi connectivity index (χ4v) is 2.36. The van der Waals surface area contributed by atoms with E-state index in [1.165, 1.54) is 0 Å². The van der Waals surface area contributed by atoms with Gasteiger partial charge in [-0.15, -0.1) is 0 Å². The van der Waals surface area contributed by atoms with Crippen molar-refractivity contribution in [2.45, 2.75) is 63.9 Å². The molecule has 3 amide bonds. The molecular weight excluding hydrogens is 404 g/mol. The fraction of sp³-hybridized carbons (Fsp3) is 0.706. The predicted molar refractivity (Wildman–Crippen MR) is 102 cm³/mol. The van der Waals surface area contributed by atoms with E-state index in [0.717, 1.165) is 6.92 Å². The molecule has 0 aliphatic heterocycles. The summed E-state index contributed by atoms with van der Waals surface area (Å²) < 4.78 is 0. The normalized spacial score (nSPS) is 16.0. The third kappa shape index (κ3) is 9.62. The molecule has 13 heteroatoms. The highest BCUT2D eigenvalue weighted by Gasteiger charge is 2.33. The molecule has 0 radical (unpaired) electrons. The van der Waals surface area contributed by atoms with Gasteiger partial charge in [0.15, 0.2) is 0 Å². The molecule has 0 aliphatic carbocycles. The van der Waals surface area contributed by atoms with Crippen LogP contribution in [0.4, 0.5) is 0 Å². The highest BCUT2D eigenvalue weighted by molar-refractivity contribution is 5.95. The molecule has 0 spiro atoms. The molecule has 9 N–H and O–H groups in total. The summed E-state index contributed by atoms with van der Waals surface area (Å²) in [6.45, 7) is 3.90. The minimum atomic E-state index is -1.66. The first-order valence-corrected chi connectivity index (χ1v) is 9.20. The summed E-state index contributed by atoms with van der Waals surface area (Å²) in [4.78, 5) is 59.0. The van der Waals surface area contributed by atoms with E-state index in [1.54, 1.807) is 13.8 Å². The zero-order chi connectivity index (χ0) is 23.6. The smallest absolute Gasteiger partial charge is 0.326 e. The van der Waals surface area contributed by atoms with E-state index >= 15 is 0 Å². The molecule has 0 fully saturated rings. The first-order chi connectivity index (χ1) is 13.8. The van der Waals surface area contributed by atoms with Crippen LogP contribution in [0.25, 0.3) is 0 Å². The molecule has 0 aromatic rings. The molecule has 0 rings (SSSR count). The van der Waals surface area contributed by atoms with Crippen molar-refractivity contribution < 1.29 is 44.4 Å². The average Bonchev–Trinajstić information content (AvgIpc) is 2.62. The lowest BCUT2D eigenvalue weighted by Crippen LogP contribution is -2.60. The topological polar surface area (TPSA) is 228 Å². The number of aliphatic carboxylic acids is 2. The number of carbonyl (C=O) groups excluding carboxylic acids is 3. The van der Waals surface area contributed by atoms with Gasteiger partial charge in [-0.1, -0.05) is 13.8 Å². The molecule has 0 aliphatic rings. The van der Waals surface area contributed by atoms with Crippen molar-refractivity contribution in [1.82, 2.24) is 16.0 Å². The zero-order valence-corrected chi connectivity index (χ0v) is 17.0. The summed E-state index contributed by atoms with van der Waals surface area (Å²) in [5, 5.41) is 43.3. The van der Waals surface area contributed by atoms with Crippen LogP contribution in [0.2, 0.25) is 0 Å². The van der Waals surface area contributed by atoms with Gasteiger partial charge in [0.25, 0.3) is 0 Å². The fourth-order valence-electron chi connectivity index (χ4n) is 2.36. The number of hydrogen-bond acceptors (Lipinski definition) is 8. The molecule has 30 heavy (non-hydrogen) atoms. The molecule has 5 unspecified atom stereocenters. The maximum atomic E-state index is 12.4. The lowest BCUT2D eigenvalue weighted by atomic mass is 10.0. The highest BCUT2D eigenvalue weighted by Crippen LogP contribution is 2.06. The second-order valence-corrected chi connectivity index (χ2v) is 7.20. The Balaban J connectivity index is 5.40. The lowest BCUT2D eigenvalue weighted by molar-refractivity contribution is -0.144. The molecule has 0 saturated carbocycles. The molecule has 0 heterocycles. The van der Waals surface area contributed by atoms with Crippen LogP contribution in [-0.4, -0.2) is 87.0 Å². The summed E-state index contributed by atoms with van der Waals surface area (Å²) >= 11 is 0. The minimum Gasteiger partial charge on any atom is -0.481 e. The van der Waals surface area contributed by atoms with Crippen molar-refractivity contribution in [2.24, 2.45) is 11.7 Å². The quantitative estimate of drug-likeness (QED) is 0.144. The maximum Gasteiger partial charge on any atom is 0.326 e. The monoisotopic (exact) mass is 434 g/mol. The number of aliphatic hydroxyl groups excluding tert-OH is 2. The van der Waals surface area contributed by atoms with Crippen LogP contribution in [0.5, 0.6) is 0 Å². The molecule has 5 atom stereocenters. The lowest BCUT2D eigenvalue weighted by Gasteiger charge is -2.26. The zero-order valence-electron chi connectivity index (χ0n) is 17.0. The van der Waals surface area contributed by atoms with Crippen molar-refractivity contribution in [2.75, 3.05) is 6.61 Å². The van der Waals surface area contributed by atoms with Crippen molar-refractivity contribution in [3.8, 4) is 0 Å². The number of nitrogens with two attached hydrogens (primary N) is 1. The summed E-state index contributed by atoms with van der Waals surface area (Å²) in [6, 6.07) is -5.95. The summed E-state index contributed by atoms with van der Waals surface area (Å²) in [7, 11) is 0. The maximum absolute atomic E-state index is 12.4. The molecular formula is C17H30N4O9. The number of carboxylic acids is 2. The molecule has 13 nitrogen and oxygen atoms in total. The van der Waals surface area contributed by atoms with E-state index in [2.05, 4.69) is 10.6 Å². The Bertz CT molecular complexity index is 639. The number of hydrogen-bond donors (Lipinski definition) is 8. The van der Waals surface area contributed by atoms with Crippen molar-refractivity contribution in [1.29, 1.82) is 0 Å². The Morgan fingerprint density at radius 3 is 1.80 bits per heavy atom. The van der Waals surface area contributed by atoms with Gasteiger partial charge in [0, 0.05) is 0 Å². The number of carbonyl (C=O) groups is 5. The van der Waals surface area contributed by atoms with Gasteiger partial charge in [0.1, 0.15) is 24.2 Å². The third-order valence-electron chi connectivity index (χ3n) is 3.93. The Morgan fingerprint density at radius 1 is 0.867 bits per heavy atom. The number of amides is 3. The Hall–Kier alpha value is -2.77. The van der Waals surface area contributed by atoms with Gasteiger partial charge in [-0.2, -0.15) is 0 Å². The predicted octanol–water partition coefficient (Wildman–Crippen LogP) is -3.25. The van der Waals surface area contributed by atoms with Crippen LogP contribution >= 0.6 is 0 Å². The number of nitrogens with one attached hydrogen (secondary N) is 3. The van der Waals surface area contributed by atoms with Crippen molar-refractivity contribution in [3.05, 3.63) is 0 Å². The first kappa shape index (κ1) is 27.2. The highest BCUT2D eigenvalue weighted by atomic mass is 16.4. The van der Waals surface area contributed by atoms with Gasteiger partial charge in [0.2, 0.25) is 17.7 Å². The van der Waals surface area contributed by atoms with Crippen molar-refractivity contribution in [3.63, 3.8) is 0 Å². The minimum absolute atomic E-state index is 0.0723. The number of carboxylic acid groups (broad SMARTS) is 2. The van der Waals surface area contributed by atoms with E-state index in [0.29, 0.717) is 0 Å². The third-order valence-corrected chi connectivity index (χ3v) is 3.93. The second-order valence-electron chi connectivity index (χ2n) is 7.20. The van der Waals surface area contributed by atoms with Crippen LogP contribution in [0, 0.1) is 5.92 Å². The van der Waals surface area contributed by atoms with E-state index in [9.17, 15) is 34.2 Å². The van der Waals surface area contributed by atoms with Crippen LogP contribution in [0.1, 0.15) is 33.6 Å². The standard InChI is InChI=1S/C17H30N4O9/c1-7(2)4-11(17(29)30)20-16(28)13(8(3)23)21-15(27)10(5-12(24)25)19-14(26)9(18)6-22/h7-11,13,22-23H,4-6,18H2,1-3H3,(H,19,26)(H,20,28)(H,21,27)(H,24,25)(H,29,30). The van der Waals surface area contributed by atoms with Gasteiger partial charge in [-0.3, -0.25) is 19.2 Å². The number of aliphatic hydroxyl groups is 2. The van der Waals surface area contributed by atoms with Gasteiger partial charge >= 0.3 is 11.9 Å². The average molecular weight is 434 g/mol.